The van der Waals surface area contributed by atoms with E-state index in [1.54, 1.807) is 10.8 Å². The second-order valence-corrected chi connectivity index (χ2v) is 4.41. The van der Waals surface area contributed by atoms with Crippen molar-refractivity contribution in [2.45, 2.75) is 19.5 Å². The van der Waals surface area contributed by atoms with Crippen LogP contribution in [0.3, 0.4) is 0 Å². The quantitative estimate of drug-likeness (QED) is 0.680. The SMILES string of the molecule is CC(N)c1ccn(Cc2cccc([N+](=O)[O-])c2F)c1. The van der Waals surface area contributed by atoms with Crippen LogP contribution in [0.5, 0.6) is 0 Å². The minimum atomic E-state index is -0.788. The van der Waals surface area contributed by atoms with E-state index in [0.29, 0.717) is 0 Å². The van der Waals surface area contributed by atoms with Gasteiger partial charge in [-0.25, -0.2) is 0 Å². The van der Waals surface area contributed by atoms with Gasteiger partial charge in [-0.1, -0.05) is 12.1 Å². The van der Waals surface area contributed by atoms with Crippen LogP contribution in [0.4, 0.5) is 10.1 Å². The van der Waals surface area contributed by atoms with Crippen molar-refractivity contribution >= 4 is 5.69 Å². The van der Waals surface area contributed by atoms with Gasteiger partial charge in [0.1, 0.15) is 0 Å². The highest BCUT2D eigenvalue weighted by Gasteiger charge is 2.17. The molecule has 0 aliphatic rings. The molecule has 0 aliphatic carbocycles. The Bertz CT molecular complexity index is 608. The number of rotatable bonds is 4. The fraction of sp³-hybridized carbons (Fsp3) is 0.231. The van der Waals surface area contributed by atoms with Gasteiger partial charge in [-0.15, -0.1) is 0 Å². The van der Waals surface area contributed by atoms with E-state index in [9.17, 15) is 14.5 Å². The summed E-state index contributed by atoms with van der Waals surface area (Å²) in [6.07, 6.45) is 3.58. The number of halogens is 1. The third-order valence-electron chi connectivity index (χ3n) is 2.91. The van der Waals surface area contributed by atoms with Crippen molar-refractivity contribution in [3.63, 3.8) is 0 Å². The summed E-state index contributed by atoms with van der Waals surface area (Å²) in [5, 5.41) is 10.7. The summed E-state index contributed by atoms with van der Waals surface area (Å²) in [5.41, 5.74) is 6.45. The molecule has 1 aromatic carbocycles. The normalized spacial score (nSPS) is 12.4. The standard InChI is InChI=1S/C13H14FN3O2/c1-9(15)10-5-6-16(7-10)8-11-3-2-4-12(13(11)14)17(18)19/h2-7,9H,8,15H2,1H3. The largest absolute Gasteiger partial charge is 0.349 e. The van der Waals surface area contributed by atoms with E-state index in [-0.39, 0.29) is 18.2 Å². The molecule has 2 aromatic rings. The van der Waals surface area contributed by atoms with E-state index in [0.717, 1.165) is 11.6 Å². The zero-order valence-corrected chi connectivity index (χ0v) is 10.4. The molecule has 1 atom stereocenters. The Morgan fingerprint density at radius 1 is 1.47 bits per heavy atom. The monoisotopic (exact) mass is 263 g/mol. The van der Waals surface area contributed by atoms with Gasteiger partial charge < -0.3 is 10.3 Å². The van der Waals surface area contributed by atoms with Crippen molar-refractivity contribution in [1.29, 1.82) is 0 Å². The molecule has 0 aliphatic heterocycles. The second kappa shape index (κ2) is 5.19. The number of nitro groups is 1. The van der Waals surface area contributed by atoms with Crippen LogP contribution in [0.2, 0.25) is 0 Å². The van der Waals surface area contributed by atoms with Crippen molar-refractivity contribution in [3.8, 4) is 0 Å². The zero-order valence-electron chi connectivity index (χ0n) is 10.4. The zero-order chi connectivity index (χ0) is 14.0. The maximum Gasteiger partial charge on any atom is 0.305 e. The summed E-state index contributed by atoms with van der Waals surface area (Å²) in [6.45, 7) is 2.09. The Kier molecular flexibility index (Phi) is 3.62. The predicted octanol–water partition coefficient (Wildman–Crippen LogP) is 2.60. The first-order valence-electron chi connectivity index (χ1n) is 5.82. The van der Waals surface area contributed by atoms with E-state index < -0.39 is 16.4 Å². The minimum Gasteiger partial charge on any atom is -0.349 e. The van der Waals surface area contributed by atoms with Gasteiger partial charge in [-0.05, 0) is 18.6 Å². The third kappa shape index (κ3) is 2.79. The lowest BCUT2D eigenvalue weighted by molar-refractivity contribution is -0.387. The second-order valence-electron chi connectivity index (χ2n) is 4.41. The molecule has 5 nitrogen and oxygen atoms in total. The van der Waals surface area contributed by atoms with Crippen molar-refractivity contribution in [2.24, 2.45) is 5.73 Å². The third-order valence-corrected chi connectivity index (χ3v) is 2.91. The first kappa shape index (κ1) is 13.2. The first-order chi connectivity index (χ1) is 8.99. The molecule has 100 valence electrons. The maximum absolute atomic E-state index is 13.9. The Labute approximate surface area is 109 Å². The Balaban J connectivity index is 2.28. The number of hydrogen-bond donors (Lipinski definition) is 1. The summed E-state index contributed by atoms with van der Waals surface area (Å²) < 4.78 is 15.6. The minimum absolute atomic E-state index is 0.101. The lowest BCUT2D eigenvalue weighted by atomic mass is 10.2. The summed E-state index contributed by atoms with van der Waals surface area (Å²) in [7, 11) is 0. The van der Waals surface area contributed by atoms with Gasteiger partial charge in [0.05, 0.1) is 11.5 Å². The number of aromatic nitrogens is 1. The predicted molar refractivity (Wildman–Crippen MR) is 69.2 cm³/mol. The molecule has 1 unspecified atom stereocenters. The average Bonchev–Trinajstić information content (AvgIpc) is 2.80. The van der Waals surface area contributed by atoms with Crippen LogP contribution in [-0.2, 0) is 6.54 Å². The van der Waals surface area contributed by atoms with Crippen LogP contribution in [0, 0.1) is 15.9 Å². The number of benzene rings is 1. The molecular weight excluding hydrogens is 249 g/mol. The average molecular weight is 263 g/mol. The molecule has 19 heavy (non-hydrogen) atoms. The van der Waals surface area contributed by atoms with E-state index in [1.807, 2.05) is 19.2 Å². The molecule has 0 radical (unpaired) electrons. The number of nitro benzene ring substituents is 1. The molecular formula is C13H14FN3O2. The number of hydrogen-bond acceptors (Lipinski definition) is 3. The van der Waals surface area contributed by atoms with Crippen LogP contribution in [0.15, 0.2) is 36.7 Å². The summed E-state index contributed by atoms with van der Waals surface area (Å²) >= 11 is 0. The number of nitrogens with two attached hydrogens (primary N) is 1. The Morgan fingerprint density at radius 2 is 2.21 bits per heavy atom. The van der Waals surface area contributed by atoms with Gasteiger partial charge in [0.2, 0.25) is 5.82 Å². The van der Waals surface area contributed by atoms with E-state index in [1.165, 1.54) is 12.1 Å². The molecule has 0 bridgehead atoms. The van der Waals surface area contributed by atoms with E-state index in [4.69, 9.17) is 5.73 Å². The van der Waals surface area contributed by atoms with Gasteiger partial charge in [-0.2, -0.15) is 4.39 Å². The molecule has 0 spiro atoms. The van der Waals surface area contributed by atoms with Crippen LogP contribution in [-0.4, -0.2) is 9.49 Å². The van der Waals surface area contributed by atoms with Gasteiger partial charge in [-0.3, -0.25) is 10.1 Å². The van der Waals surface area contributed by atoms with Crippen LogP contribution in [0.1, 0.15) is 24.1 Å². The molecule has 0 saturated heterocycles. The first-order valence-corrected chi connectivity index (χ1v) is 5.82. The molecule has 2 rings (SSSR count). The van der Waals surface area contributed by atoms with Crippen molar-refractivity contribution in [3.05, 3.63) is 63.7 Å². The van der Waals surface area contributed by atoms with Gasteiger partial charge in [0.25, 0.3) is 0 Å². The van der Waals surface area contributed by atoms with Crippen molar-refractivity contribution < 1.29 is 9.31 Å². The van der Waals surface area contributed by atoms with Crippen LogP contribution in [0.25, 0.3) is 0 Å². The number of nitrogens with zero attached hydrogens (tertiary/aromatic N) is 2. The highest BCUT2D eigenvalue weighted by atomic mass is 19.1. The molecule has 0 fully saturated rings. The molecule has 1 aromatic heterocycles. The van der Waals surface area contributed by atoms with Gasteiger partial charge in [0.15, 0.2) is 0 Å². The molecule has 6 heteroatoms. The summed E-state index contributed by atoms with van der Waals surface area (Å²) in [5.74, 6) is -0.788. The molecule has 0 amide bonds. The molecule has 2 N–H and O–H groups in total. The van der Waals surface area contributed by atoms with Crippen molar-refractivity contribution in [1.82, 2.24) is 4.57 Å². The highest BCUT2D eigenvalue weighted by molar-refractivity contribution is 5.37. The smallest absolute Gasteiger partial charge is 0.305 e. The summed E-state index contributed by atoms with van der Waals surface area (Å²) in [4.78, 5) is 9.94. The van der Waals surface area contributed by atoms with E-state index >= 15 is 0 Å². The lowest BCUT2D eigenvalue weighted by Gasteiger charge is -2.05. The summed E-state index contributed by atoms with van der Waals surface area (Å²) in [6, 6.07) is 5.92. The van der Waals surface area contributed by atoms with Crippen LogP contribution >= 0.6 is 0 Å². The van der Waals surface area contributed by atoms with Crippen LogP contribution < -0.4 is 5.73 Å². The Morgan fingerprint density at radius 3 is 2.79 bits per heavy atom. The van der Waals surface area contributed by atoms with Gasteiger partial charge >= 0.3 is 5.69 Å². The Hall–Kier alpha value is -2.21. The highest BCUT2D eigenvalue weighted by Crippen LogP contribution is 2.21. The molecule has 1 heterocycles. The van der Waals surface area contributed by atoms with Crippen molar-refractivity contribution in [2.75, 3.05) is 0 Å². The topological polar surface area (TPSA) is 74.1 Å². The lowest BCUT2D eigenvalue weighted by Crippen LogP contribution is -2.05. The maximum atomic E-state index is 13.9. The van der Waals surface area contributed by atoms with Gasteiger partial charge in [0, 0.05) is 30.1 Å². The fourth-order valence-electron chi connectivity index (χ4n) is 1.85. The fourth-order valence-corrected chi connectivity index (χ4v) is 1.85. The molecule has 0 saturated carbocycles. The van der Waals surface area contributed by atoms with E-state index in [2.05, 4.69) is 0 Å².